The fraction of sp³-hybridized carbons (Fsp3) is 0.368. The Hall–Kier alpha value is -2.58. The standard InChI is InChI=1S/C19H22N2O3/c1-13(2)21(19(23)24-14(3)4)18(22)10-9-15-11-16-7-5-6-8-17(16)20-12-15/h5-8,11-14,18,22H,1-4H3. The van der Waals surface area contributed by atoms with E-state index in [9.17, 15) is 9.90 Å². The highest BCUT2D eigenvalue weighted by Gasteiger charge is 2.25. The molecule has 0 saturated carbocycles. The molecular formula is C19H22N2O3. The molecule has 0 aliphatic heterocycles. The third-order valence-electron chi connectivity index (χ3n) is 3.30. The van der Waals surface area contributed by atoms with Gasteiger partial charge in [-0.3, -0.25) is 9.88 Å². The molecule has 126 valence electrons. The van der Waals surface area contributed by atoms with Gasteiger partial charge in [-0.05, 0) is 45.7 Å². The van der Waals surface area contributed by atoms with Gasteiger partial charge in [-0.1, -0.05) is 24.1 Å². The Bertz CT molecular complexity index is 775. The number of aliphatic hydroxyl groups excluding tert-OH is 1. The van der Waals surface area contributed by atoms with E-state index in [4.69, 9.17) is 4.74 Å². The molecule has 0 saturated heterocycles. The van der Waals surface area contributed by atoms with Gasteiger partial charge >= 0.3 is 6.09 Å². The van der Waals surface area contributed by atoms with Crippen molar-refractivity contribution in [3.05, 3.63) is 42.1 Å². The zero-order valence-electron chi connectivity index (χ0n) is 14.4. The Labute approximate surface area is 142 Å². The van der Waals surface area contributed by atoms with Crippen LogP contribution in [0.5, 0.6) is 0 Å². The topological polar surface area (TPSA) is 62.7 Å². The molecule has 2 aromatic rings. The summed E-state index contributed by atoms with van der Waals surface area (Å²) in [7, 11) is 0. The van der Waals surface area contributed by atoms with Crippen molar-refractivity contribution in [2.45, 2.75) is 46.1 Å². The van der Waals surface area contributed by atoms with Crippen molar-refractivity contribution in [2.75, 3.05) is 0 Å². The molecule has 1 unspecified atom stereocenters. The molecule has 24 heavy (non-hydrogen) atoms. The molecule has 5 heteroatoms. The van der Waals surface area contributed by atoms with Crippen LogP contribution in [0.2, 0.25) is 0 Å². The van der Waals surface area contributed by atoms with Gasteiger partial charge in [0.05, 0.1) is 11.6 Å². The summed E-state index contributed by atoms with van der Waals surface area (Å²) in [5.41, 5.74) is 1.56. The van der Waals surface area contributed by atoms with Crippen molar-refractivity contribution >= 4 is 17.0 Å². The molecule has 0 radical (unpaired) electrons. The number of carbonyl (C=O) groups is 1. The number of nitrogens with zero attached hydrogens (tertiary/aromatic N) is 2. The maximum Gasteiger partial charge on any atom is 0.413 e. The first-order valence-electron chi connectivity index (χ1n) is 7.92. The van der Waals surface area contributed by atoms with E-state index in [-0.39, 0.29) is 12.1 Å². The van der Waals surface area contributed by atoms with Gasteiger partial charge in [0.2, 0.25) is 0 Å². The number of para-hydroxylation sites is 1. The first kappa shape index (κ1) is 17.8. The van der Waals surface area contributed by atoms with Crippen LogP contribution in [-0.4, -0.2) is 39.5 Å². The van der Waals surface area contributed by atoms with Gasteiger partial charge in [0.15, 0.2) is 6.23 Å². The lowest BCUT2D eigenvalue weighted by Gasteiger charge is -2.28. The van der Waals surface area contributed by atoms with E-state index in [2.05, 4.69) is 16.8 Å². The zero-order chi connectivity index (χ0) is 17.7. The molecule has 0 bridgehead atoms. The Kier molecular flexibility index (Phi) is 5.78. The second-order valence-electron chi connectivity index (χ2n) is 5.99. The average molecular weight is 326 g/mol. The van der Waals surface area contributed by atoms with Crippen LogP contribution in [0, 0.1) is 11.8 Å². The fourth-order valence-electron chi connectivity index (χ4n) is 2.21. The highest BCUT2D eigenvalue weighted by molar-refractivity contribution is 5.79. The molecule has 1 N–H and O–H groups in total. The minimum atomic E-state index is -1.25. The Morgan fingerprint density at radius 1 is 1.25 bits per heavy atom. The zero-order valence-corrected chi connectivity index (χ0v) is 14.4. The number of hydrogen-bond donors (Lipinski definition) is 1. The molecular weight excluding hydrogens is 304 g/mol. The average Bonchev–Trinajstić information content (AvgIpc) is 2.51. The molecule has 2 rings (SSSR count). The van der Waals surface area contributed by atoms with E-state index in [1.54, 1.807) is 33.9 Å². The van der Waals surface area contributed by atoms with Gasteiger partial charge in [0.25, 0.3) is 0 Å². The molecule has 0 aliphatic rings. The summed E-state index contributed by atoms with van der Waals surface area (Å²) in [6.07, 6.45) is -0.446. The van der Waals surface area contributed by atoms with Crippen LogP contribution in [0.3, 0.4) is 0 Å². The molecule has 1 amide bonds. The number of rotatable bonds is 3. The highest BCUT2D eigenvalue weighted by Crippen LogP contribution is 2.12. The van der Waals surface area contributed by atoms with Crippen molar-refractivity contribution in [3.8, 4) is 11.8 Å². The third kappa shape index (κ3) is 4.46. The van der Waals surface area contributed by atoms with Crippen LogP contribution >= 0.6 is 0 Å². The summed E-state index contributed by atoms with van der Waals surface area (Å²) in [6, 6.07) is 9.38. The van der Waals surface area contributed by atoms with E-state index in [0.29, 0.717) is 5.56 Å². The number of carbonyl (C=O) groups excluding carboxylic acids is 1. The number of fused-ring (bicyclic) bond motifs is 1. The Morgan fingerprint density at radius 2 is 1.96 bits per heavy atom. The van der Waals surface area contributed by atoms with E-state index in [0.717, 1.165) is 10.9 Å². The van der Waals surface area contributed by atoms with Crippen molar-refractivity contribution in [2.24, 2.45) is 0 Å². The van der Waals surface area contributed by atoms with Crippen molar-refractivity contribution in [1.82, 2.24) is 9.88 Å². The number of pyridine rings is 1. The number of benzene rings is 1. The van der Waals surface area contributed by atoms with Gasteiger partial charge < -0.3 is 9.84 Å². The minimum Gasteiger partial charge on any atom is -0.447 e. The number of ether oxygens (including phenoxy) is 1. The summed E-state index contributed by atoms with van der Waals surface area (Å²) in [5, 5.41) is 11.2. The summed E-state index contributed by atoms with van der Waals surface area (Å²) in [5.74, 6) is 5.56. The van der Waals surface area contributed by atoms with Crippen molar-refractivity contribution < 1.29 is 14.6 Å². The van der Waals surface area contributed by atoms with Crippen molar-refractivity contribution in [1.29, 1.82) is 0 Å². The maximum absolute atomic E-state index is 12.1. The van der Waals surface area contributed by atoms with Gasteiger partial charge in [-0.15, -0.1) is 0 Å². The van der Waals surface area contributed by atoms with Gasteiger partial charge in [-0.25, -0.2) is 4.79 Å². The second kappa shape index (κ2) is 7.80. The summed E-state index contributed by atoms with van der Waals surface area (Å²) in [6.45, 7) is 7.11. The maximum atomic E-state index is 12.1. The molecule has 5 nitrogen and oxygen atoms in total. The predicted octanol–water partition coefficient (Wildman–Crippen LogP) is 3.16. The Morgan fingerprint density at radius 3 is 2.62 bits per heavy atom. The van der Waals surface area contributed by atoms with Crippen LogP contribution < -0.4 is 0 Å². The van der Waals surface area contributed by atoms with Gasteiger partial charge in [0.1, 0.15) is 0 Å². The molecule has 1 aromatic heterocycles. The molecule has 1 heterocycles. The first-order valence-corrected chi connectivity index (χ1v) is 7.92. The molecule has 1 aromatic carbocycles. The lowest BCUT2D eigenvalue weighted by molar-refractivity contribution is 0.00444. The normalized spacial score (nSPS) is 12.0. The third-order valence-corrected chi connectivity index (χ3v) is 3.30. The molecule has 0 spiro atoms. The largest absolute Gasteiger partial charge is 0.447 e. The smallest absolute Gasteiger partial charge is 0.413 e. The summed E-state index contributed by atoms with van der Waals surface area (Å²) in [4.78, 5) is 17.6. The van der Waals surface area contributed by atoms with E-state index < -0.39 is 12.3 Å². The van der Waals surface area contributed by atoms with Crippen LogP contribution in [0.25, 0.3) is 10.9 Å². The number of aromatic nitrogens is 1. The summed E-state index contributed by atoms with van der Waals surface area (Å²) >= 11 is 0. The van der Waals surface area contributed by atoms with E-state index >= 15 is 0 Å². The first-order chi connectivity index (χ1) is 11.4. The second-order valence-corrected chi connectivity index (χ2v) is 5.99. The quantitative estimate of drug-likeness (QED) is 0.695. The van der Waals surface area contributed by atoms with Crippen LogP contribution in [-0.2, 0) is 4.74 Å². The van der Waals surface area contributed by atoms with E-state index in [1.807, 2.05) is 30.3 Å². The van der Waals surface area contributed by atoms with Crippen molar-refractivity contribution in [3.63, 3.8) is 0 Å². The monoisotopic (exact) mass is 326 g/mol. The predicted molar refractivity (Wildman–Crippen MR) is 93.2 cm³/mol. The summed E-state index contributed by atoms with van der Waals surface area (Å²) < 4.78 is 5.15. The molecule has 0 fully saturated rings. The lowest BCUT2D eigenvalue weighted by Crippen LogP contribution is -2.45. The lowest BCUT2D eigenvalue weighted by atomic mass is 10.1. The van der Waals surface area contributed by atoms with Crippen LogP contribution in [0.15, 0.2) is 36.5 Å². The molecule has 0 aliphatic carbocycles. The highest BCUT2D eigenvalue weighted by atomic mass is 16.6. The number of hydrogen-bond acceptors (Lipinski definition) is 4. The van der Waals surface area contributed by atoms with Crippen LogP contribution in [0.4, 0.5) is 4.79 Å². The fourth-order valence-corrected chi connectivity index (χ4v) is 2.21. The number of amides is 1. The van der Waals surface area contributed by atoms with Crippen LogP contribution in [0.1, 0.15) is 33.3 Å². The minimum absolute atomic E-state index is 0.240. The van der Waals surface area contributed by atoms with Gasteiger partial charge in [0, 0.05) is 23.2 Å². The SMILES string of the molecule is CC(C)OC(=O)N(C(C)C)C(O)C#Cc1cnc2ccccc2c1. The number of aliphatic hydroxyl groups is 1. The van der Waals surface area contributed by atoms with Gasteiger partial charge in [-0.2, -0.15) is 0 Å². The molecule has 1 atom stereocenters. The Balaban J connectivity index is 2.20. The van der Waals surface area contributed by atoms with E-state index in [1.165, 1.54) is 4.90 Å².